The van der Waals surface area contributed by atoms with Gasteiger partial charge in [-0.2, -0.15) is 0 Å². The molecular formula is C23H28FN5O. The molecule has 1 saturated heterocycles. The normalized spacial score (nSPS) is 15.6. The van der Waals surface area contributed by atoms with Crippen LogP contribution in [0.15, 0.2) is 45.9 Å². The van der Waals surface area contributed by atoms with Crippen molar-refractivity contribution in [1.29, 1.82) is 0 Å². The number of piperidine rings is 1. The number of aryl methyl sites for hydroxylation is 2. The van der Waals surface area contributed by atoms with Crippen molar-refractivity contribution in [3.05, 3.63) is 59.2 Å². The summed E-state index contributed by atoms with van der Waals surface area (Å²) < 4.78 is 19.4. The Hall–Kier alpha value is -3.09. The molecule has 2 aromatic heterocycles. The Bertz CT molecular complexity index is 1040. The summed E-state index contributed by atoms with van der Waals surface area (Å²) in [5.41, 5.74) is 2.83. The minimum atomic E-state index is -0.254. The number of rotatable bonds is 4. The first-order chi connectivity index (χ1) is 14.5. The second-order valence-corrected chi connectivity index (χ2v) is 7.82. The number of guanidine groups is 1. The highest BCUT2D eigenvalue weighted by atomic mass is 19.1. The molecule has 0 amide bonds. The molecule has 3 aromatic rings. The first-order valence-corrected chi connectivity index (χ1v) is 10.4. The van der Waals surface area contributed by atoms with Crippen LogP contribution in [0.4, 0.5) is 10.2 Å². The van der Waals surface area contributed by atoms with Crippen molar-refractivity contribution in [3.63, 3.8) is 0 Å². The second kappa shape index (κ2) is 8.73. The summed E-state index contributed by atoms with van der Waals surface area (Å²) in [6, 6.07) is 9.15. The summed E-state index contributed by atoms with van der Waals surface area (Å²) in [5.74, 6) is 2.32. The van der Waals surface area contributed by atoms with Crippen molar-refractivity contribution < 1.29 is 8.81 Å². The molecule has 0 spiro atoms. The molecule has 0 aliphatic carbocycles. The topological polar surface area (TPSA) is 65.7 Å². The number of furan rings is 1. The van der Waals surface area contributed by atoms with Crippen LogP contribution < -0.4 is 15.5 Å². The van der Waals surface area contributed by atoms with Crippen molar-refractivity contribution in [2.45, 2.75) is 39.3 Å². The van der Waals surface area contributed by atoms with E-state index in [1.54, 1.807) is 13.1 Å². The van der Waals surface area contributed by atoms with Crippen LogP contribution in [0.2, 0.25) is 0 Å². The Morgan fingerprint density at radius 2 is 2.03 bits per heavy atom. The van der Waals surface area contributed by atoms with Gasteiger partial charge < -0.3 is 20.0 Å². The van der Waals surface area contributed by atoms with E-state index < -0.39 is 0 Å². The Morgan fingerprint density at radius 3 is 2.73 bits per heavy atom. The highest BCUT2D eigenvalue weighted by molar-refractivity contribution is 5.83. The average molecular weight is 410 g/mol. The molecule has 0 radical (unpaired) electrons. The molecule has 4 rings (SSSR count). The molecule has 3 heterocycles. The van der Waals surface area contributed by atoms with Crippen molar-refractivity contribution in [2.75, 3.05) is 25.0 Å². The lowest BCUT2D eigenvalue weighted by Crippen LogP contribution is -2.48. The third-order valence-corrected chi connectivity index (χ3v) is 5.69. The van der Waals surface area contributed by atoms with Gasteiger partial charge in [0.25, 0.3) is 0 Å². The number of anilines is 1. The van der Waals surface area contributed by atoms with E-state index >= 15 is 0 Å². The number of nitrogens with one attached hydrogen (secondary N) is 2. The van der Waals surface area contributed by atoms with Gasteiger partial charge in [-0.25, -0.2) is 9.37 Å². The quantitative estimate of drug-likeness (QED) is 0.505. The van der Waals surface area contributed by atoms with E-state index in [2.05, 4.69) is 44.6 Å². The van der Waals surface area contributed by atoms with E-state index in [0.717, 1.165) is 54.4 Å². The zero-order valence-electron chi connectivity index (χ0n) is 17.7. The maximum atomic E-state index is 13.5. The lowest BCUT2D eigenvalue weighted by molar-refractivity contribution is 0.457. The molecule has 0 bridgehead atoms. The van der Waals surface area contributed by atoms with Crippen LogP contribution in [0.1, 0.15) is 29.7 Å². The van der Waals surface area contributed by atoms with E-state index in [1.165, 1.54) is 17.7 Å². The summed E-state index contributed by atoms with van der Waals surface area (Å²) in [6.45, 7) is 6.41. The highest BCUT2D eigenvalue weighted by Gasteiger charge is 2.21. The van der Waals surface area contributed by atoms with Gasteiger partial charge in [0.2, 0.25) is 0 Å². The van der Waals surface area contributed by atoms with E-state index in [9.17, 15) is 4.39 Å². The zero-order valence-corrected chi connectivity index (χ0v) is 17.7. The first kappa shape index (κ1) is 20.2. The van der Waals surface area contributed by atoms with E-state index in [1.807, 2.05) is 13.1 Å². The molecule has 1 aliphatic heterocycles. The lowest BCUT2D eigenvalue weighted by atomic mass is 10.1. The number of aromatic nitrogens is 1. The Kier molecular flexibility index (Phi) is 5.88. The SMILES string of the molecule is CN=C(NCc1oc2ccc(F)cc2c1C)NC1CCN(c2ccc(C)cn2)CC1. The Labute approximate surface area is 176 Å². The van der Waals surface area contributed by atoms with Crippen LogP contribution in [0, 0.1) is 19.7 Å². The van der Waals surface area contributed by atoms with Crippen LogP contribution in [0.25, 0.3) is 11.0 Å². The average Bonchev–Trinajstić information content (AvgIpc) is 3.07. The number of hydrogen-bond donors (Lipinski definition) is 2. The number of halogens is 1. The van der Waals surface area contributed by atoms with Crippen LogP contribution in [0.5, 0.6) is 0 Å². The Morgan fingerprint density at radius 1 is 1.23 bits per heavy atom. The van der Waals surface area contributed by atoms with Gasteiger partial charge in [-0.1, -0.05) is 6.07 Å². The summed E-state index contributed by atoms with van der Waals surface area (Å²) in [4.78, 5) is 11.2. The number of pyridine rings is 1. The maximum Gasteiger partial charge on any atom is 0.191 e. The minimum absolute atomic E-state index is 0.254. The van der Waals surface area contributed by atoms with Crippen LogP contribution in [-0.2, 0) is 6.54 Å². The molecule has 158 valence electrons. The standard InChI is InChI=1S/C23H28FN5O/c1-15-4-7-22(26-13-15)29-10-8-18(9-11-29)28-23(25-3)27-14-21-16(2)19-12-17(24)5-6-20(19)30-21/h4-7,12-13,18H,8-11,14H2,1-3H3,(H2,25,27,28). The Balaban J connectivity index is 1.31. The van der Waals surface area contributed by atoms with Gasteiger partial charge in [0.15, 0.2) is 5.96 Å². The van der Waals surface area contributed by atoms with Gasteiger partial charge in [0.1, 0.15) is 23.0 Å². The fraction of sp³-hybridized carbons (Fsp3) is 0.391. The fourth-order valence-corrected chi connectivity index (χ4v) is 3.86. The van der Waals surface area contributed by atoms with Gasteiger partial charge in [0.05, 0.1) is 6.54 Å². The number of fused-ring (bicyclic) bond motifs is 1. The molecule has 2 N–H and O–H groups in total. The molecule has 0 unspecified atom stereocenters. The molecule has 0 saturated carbocycles. The largest absolute Gasteiger partial charge is 0.459 e. The molecular weight excluding hydrogens is 381 g/mol. The van der Waals surface area contributed by atoms with Gasteiger partial charge in [-0.15, -0.1) is 0 Å². The smallest absolute Gasteiger partial charge is 0.191 e. The summed E-state index contributed by atoms with van der Waals surface area (Å²) >= 11 is 0. The van der Waals surface area contributed by atoms with E-state index in [-0.39, 0.29) is 5.82 Å². The van der Waals surface area contributed by atoms with E-state index in [4.69, 9.17) is 4.42 Å². The molecule has 1 aromatic carbocycles. The van der Waals surface area contributed by atoms with E-state index in [0.29, 0.717) is 18.2 Å². The predicted molar refractivity (Wildman–Crippen MR) is 118 cm³/mol. The van der Waals surface area contributed by atoms with Gasteiger partial charge in [0, 0.05) is 43.3 Å². The fourth-order valence-electron chi connectivity index (χ4n) is 3.86. The first-order valence-electron chi connectivity index (χ1n) is 10.4. The molecule has 7 heteroatoms. The maximum absolute atomic E-state index is 13.5. The van der Waals surface area contributed by atoms with Crippen LogP contribution in [0.3, 0.4) is 0 Å². The van der Waals surface area contributed by atoms with Gasteiger partial charge in [-0.05, 0) is 56.5 Å². The highest BCUT2D eigenvalue weighted by Crippen LogP contribution is 2.26. The molecule has 0 atom stereocenters. The molecule has 1 aliphatic rings. The number of nitrogens with zero attached hydrogens (tertiary/aromatic N) is 3. The second-order valence-electron chi connectivity index (χ2n) is 7.82. The minimum Gasteiger partial charge on any atom is -0.459 e. The van der Waals surface area contributed by atoms with Crippen LogP contribution >= 0.6 is 0 Å². The van der Waals surface area contributed by atoms with Crippen LogP contribution in [-0.4, -0.2) is 37.1 Å². The molecule has 6 nitrogen and oxygen atoms in total. The summed E-state index contributed by atoms with van der Waals surface area (Å²) in [6.07, 6.45) is 3.94. The van der Waals surface area contributed by atoms with Gasteiger partial charge in [-0.3, -0.25) is 4.99 Å². The summed E-state index contributed by atoms with van der Waals surface area (Å²) in [5, 5.41) is 7.65. The molecule has 30 heavy (non-hydrogen) atoms. The van der Waals surface area contributed by atoms with Crippen molar-refractivity contribution >= 4 is 22.7 Å². The summed E-state index contributed by atoms with van der Waals surface area (Å²) in [7, 11) is 1.77. The number of benzene rings is 1. The predicted octanol–water partition coefficient (Wildman–Crippen LogP) is 3.92. The van der Waals surface area contributed by atoms with Crippen molar-refractivity contribution in [3.8, 4) is 0 Å². The van der Waals surface area contributed by atoms with Crippen molar-refractivity contribution in [2.24, 2.45) is 4.99 Å². The van der Waals surface area contributed by atoms with Gasteiger partial charge >= 0.3 is 0 Å². The third-order valence-electron chi connectivity index (χ3n) is 5.69. The molecule has 1 fully saturated rings. The lowest BCUT2D eigenvalue weighted by Gasteiger charge is -2.33. The number of aliphatic imine (C=N–C) groups is 1. The third kappa shape index (κ3) is 4.40. The monoisotopic (exact) mass is 409 g/mol. The number of hydrogen-bond acceptors (Lipinski definition) is 4. The van der Waals surface area contributed by atoms with Crippen molar-refractivity contribution in [1.82, 2.24) is 15.6 Å². The zero-order chi connectivity index (χ0) is 21.1.